The van der Waals surface area contributed by atoms with E-state index in [9.17, 15) is 18.0 Å². The highest BCUT2D eigenvalue weighted by Gasteiger charge is 2.42. The Morgan fingerprint density at radius 2 is 1.85 bits per heavy atom. The number of rotatable bonds is 1. The van der Waals surface area contributed by atoms with Crippen molar-refractivity contribution >= 4 is 21.8 Å². The van der Waals surface area contributed by atoms with E-state index >= 15 is 0 Å². The lowest BCUT2D eigenvalue weighted by Crippen LogP contribution is -2.42. The summed E-state index contributed by atoms with van der Waals surface area (Å²) in [6.07, 6.45) is -4.10. The lowest BCUT2D eigenvalue weighted by atomic mass is 10.0. The Kier molecular flexibility index (Phi) is 4.27. The van der Waals surface area contributed by atoms with E-state index in [0.717, 1.165) is 20.5 Å². The van der Waals surface area contributed by atoms with Gasteiger partial charge in [0.05, 0.1) is 7.11 Å². The monoisotopic (exact) mass is 351 g/mol. The van der Waals surface area contributed by atoms with Crippen molar-refractivity contribution in [1.29, 1.82) is 0 Å². The second kappa shape index (κ2) is 5.63. The Morgan fingerprint density at radius 1 is 1.25 bits per heavy atom. The standard InChI is InChI=1S/C13H13BrF3NO2/c1-20-11-3-2-10(14)8-4-6-18(7-5-9(8)11)12(19)13(15,16)17/h2-3H,4-7H2,1H3. The van der Waals surface area contributed by atoms with Crippen LogP contribution in [0.5, 0.6) is 5.75 Å². The van der Waals surface area contributed by atoms with Gasteiger partial charge in [-0.15, -0.1) is 0 Å². The molecule has 7 heteroatoms. The molecule has 0 saturated carbocycles. The van der Waals surface area contributed by atoms with E-state index in [1.807, 2.05) is 0 Å². The van der Waals surface area contributed by atoms with Gasteiger partial charge in [-0.1, -0.05) is 15.9 Å². The first-order valence-corrected chi connectivity index (χ1v) is 6.84. The highest BCUT2D eigenvalue weighted by atomic mass is 79.9. The molecule has 1 heterocycles. The fourth-order valence-electron chi connectivity index (χ4n) is 2.37. The Morgan fingerprint density at radius 3 is 2.40 bits per heavy atom. The van der Waals surface area contributed by atoms with Crippen LogP contribution >= 0.6 is 15.9 Å². The third kappa shape index (κ3) is 2.92. The summed E-state index contributed by atoms with van der Waals surface area (Å²) in [5, 5.41) is 0. The summed E-state index contributed by atoms with van der Waals surface area (Å²) in [5.41, 5.74) is 1.76. The van der Waals surface area contributed by atoms with Crippen LogP contribution in [0.15, 0.2) is 16.6 Å². The van der Waals surface area contributed by atoms with Crippen LogP contribution in [0, 0.1) is 0 Å². The molecule has 0 bridgehead atoms. The molecule has 0 aromatic heterocycles. The summed E-state index contributed by atoms with van der Waals surface area (Å²) < 4.78 is 43.6. The van der Waals surface area contributed by atoms with Gasteiger partial charge in [-0.2, -0.15) is 13.2 Å². The lowest BCUT2D eigenvalue weighted by Gasteiger charge is -2.21. The van der Waals surface area contributed by atoms with Crippen LogP contribution in [-0.4, -0.2) is 37.2 Å². The van der Waals surface area contributed by atoms with Crippen molar-refractivity contribution in [3.05, 3.63) is 27.7 Å². The molecule has 1 amide bonds. The number of hydrogen-bond acceptors (Lipinski definition) is 2. The molecule has 0 aliphatic carbocycles. The van der Waals surface area contributed by atoms with Crippen LogP contribution in [0.3, 0.4) is 0 Å². The summed E-state index contributed by atoms with van der Waals surface area (Å²) in [7, 11) is 1.52. The zero-order chi connectivity index (χ0) is 14.9. The van der Waals surface area contributed by atoms with Crippen molar-refractivity contribution in [3.63, 3.8) is 0 Å². The third-order valence-electron chi connectivity index (χ3n) is 3.34. The average molecular weight is 352 g/mol. The molecule has 2 rings (SSSR count). The molecule has 0 fully saturated rings. The van der Waals surface area contributed by atoms with Crippen molar-refractivity contribution in [3.8, 4) is 5.75 Å². The van der Waals surface area contributed by atoms with E-state index in [1.54, 1.807) is 12.1 Å². The number of fused-ring (bicyclic) bond motifs is 1. The van der Waals surface area contributed by atoms with Crippen molar-refractivity contribution in [2.45, 2.75) is 19.0 Å². The first-order chi connectivity index (χ1) is 9.34. The quantitative estimate of drug-likeness (QED) is 0.778. The van der Waals surface area contributed by atoms with Gasteiger partial charge < -0.3 is 9.64 Å². The number of amides is 1. The number of halogens is 4. The Labute approximate surface area is 122 Å². The second-order valence-corrected chi connectivity index (χ2v) is 5.35. The molecule has 20 heavy (non-hydrogen) atoms. The molecule has 0 unspecified atom stereocenters. The Balaban J connectivity index is 2.27. The van der Waals surface area contributed by atoms with Crippen LogP contribution < -0.4 is 4.74 Å². The molecule has 0 atom stereocenters. The van der Waals surface area contributed by atoms with Gasteiger partial charge in [-0.25, -0.2) is 0 Å². The van der Waals surface area contributed by atoms with Crippen molar-refractivity contribution in [2.75, 3.05) is 20.2 Å². The number of hydrogen-bond donors (Lipinski definition) is 0. The molecule has 1 aromatic carbocycles. The summed E-state index contributed by atoms with van der Waals surface area (Å²) in [6, 6.07) is 3.57. The maximum absolute atomic E-state index is 12.5. The van der Waals surface area contributed by atoms with Gasteiger partial charge in [0, 0.05) is 23.1 Å². The maximum atomic E-state index is 12.5. The third-order valence-corrected chi connectivity index (χ3v) is 4.09. The predicted molar refractivity (Wildman–Crippen MR) is 70.7 cm³/mol. The van der Waals surface area contributed by atoms with Crippen molar-refractivity contribution < 1.29 is 22.7 Å². The fourth-order valence-corrected chi connectivity index (χ4v) is 2.94. The van der Waals surface area contributed by atoms with Crippen molar-refractivity contribution in [1.82, 2.24) is 4.90 Å². The molecule has 1 aliphatic rings. The van der Waals surface area contributed by atoms with E-state index in [0.29, 0.717) is 18.6 Å². The first kappa shape index (κ1) is 15.2. The van der Waals surface area contributed by atoms with Crippen molar-refractivity contribution in [2.24, 2.45) is 0 Å². The van der Waals surface area contributed by atoms with Gasteiger partial charge in [0.15, 0.2) is 0 Å². The van der Waals surface area contributed by atoms with Crippen LogP contribution in [0.4, 0.5) is 13.2 Å². The number of ether oxygens (including phenoxy) is 1. The van der Waals surface area contributed by atoms with E-state index < -0.39 is 12.1 Å². The molecule has 0 saturated heterocycles. The summed E-state index contributed by atoms with van der Waals surface area (Å²) in [5.74, 6) is -1.13. The van der Waals surface area contributed by atoms with Crippen LogP contribution in [0.1, 0.15) is 11.1 Å². The van der Waals surface area contributed by atoms with Crippen LogP contribution in [-0.2, 0) is 17.6 Å². The molecule has 110 valence electrons. The molecule has 0 radical (unpaired) electrons. The smallest absolute Gasteiger partial charge is 0.471 e. The molecule has 3 nitrogen and oxygen atoms in total. The van der Waals surface area contributed by atoms with Crippen LogP contribution in [0.2, 0.25) is 0 Å². The SMILES string of the molecule is COc1ccc(Br)c2c1CCN(C(=O)C(F)(F)F)CC2. The van der Waals surface area contributed by atoms with E-state index in [2.05, 4.69) is 15.9 Å². The maximum Gasteiger partial charge on any atom is 0.471 e. The number of benzene rings is 1. The first-order valence-electron chi connectivity index (χ1n) is 6.05. The van der Waals surface area contributed by atoms with Gasteiger partial charge in [-0.05, 0) is 30.5 Å². The summed E-state index contributed by atoms with van der Waals surface area (Å²) >= 11 is 3.40. The number of carbonyl (C=O) groups is 1. The highest BCUT2D eigenvalue weighted by molar-refractivity contribution is 9.10. The van der Waals surface area contributed by atoms with E-state index in [4.69, 9.17) is 4.74 Å². The van der Waals surface area contributed by atoms with Gasteiger partial charge in [0.2, 0.25) is 0 Å². The normalized spacial score (nSPS) is 15.6. The zero-order valence-electron chi connectivity index (χ0n) is 10.8. The Bertz CT molecular complexity index is 531. The number of nitrogens with zero attached hydrogens (tertiary/aromatic N) is 1. The summed E-state index contributed by atoms with van der Waals surface area (Å²) in [6.45, 7) is 0.0925. The second-order valence-electron chi connectivity index (χ2n) is 4.50. The minimum Gasteiger partial charge on any atom is -0.496 e. The molecular weight excluding hydrogens is 339 g/mol. The molecule has 0 N–H and O–H groups in total. The van der Waals surface area contributed by atoms with Crippen LogP contribution in [0.25, 0.3) is 0 Å². The largest absolute Gasteiger partial charge is 0.496 e. The molecule has 1 aliphatic heterocycles. The fraction of sp³-hybridized carbons (Fsp3) is 0.462. The zero-order valence-corrected chi connectivity index (χ0v) is 12.3. The lowest BCUT2D eigenvalue weighted by molar-refractivity contribution is -0.185. The average Bonchev–Trinajstić information content (AvgIpc) is 2.61. The molecule has 0 spiro atoms. The Hall–Kier alpha value is -1.24. The minimum absolute atomic E-state index is 0.0398. The van der Waals surface area contributed by atoms with E-state index in [-0.39, 0.29) is 13.1 Å². The van der Waals surface area contributed by atoms with Gasteiger partial charge >= 0.3 is 12.1 Å². The molecular formula is C13H13BrF3NO2. The number of methoxy groups -OCH3 is 1. The summed E-state index contributed by atoms with van der Waals surface area (Å²) in [4.78, 5) is 12.2. The van der Waals surface area contributed by atoms with Gasteiger partial charge in [-0.3, -0.25) is 4.79 Å². The van der Waals surface area contributed by atoms with E-state index in [1.165, 1.54) is 7.11 Å². The number of carbonyl (C=O) groups excluding carboxylic acids is 1. The predicted octanol–water partition coefficient (Wildman–Crippen LogP) is 2.95. The molecule has 1 aromatic rings. The van der Waals surface area contributed by atoms with Gasteiger partial charge in [0.1, 0.15) is 5.75 Å². The highest BCUT2D eigenvalue weighted by Crippen LogP contribution is 2.32. The van der Waals surface area contributed by atoms with Gasteiger partial charge in [0.25, 0.3) is 0 Å². The minimum atomic E-state index is -4.82. The topological polar surface area (TPSA) is 29.5 Å². The number of alkyl halides is 3.